The van der Waals surface area contributed by atoms with Gasteiger partial charge in [-0.05, 0) is 49.9 Å². The molecule has 1 heterocycles. The van der Waals surface area contributed by atoms with Crippen LogP contribution in [0.25, 0.3) is 0 Å². The van der Waals surface area contributed by atoms with E-state index in [1.54, 1.807) is 0 Å². The van der Waals surface area contributed by atoms with Crippen molar-refractivity contribution in [3.8, 4) is 0 Å². The Balaban J connectivity index is 2.02. The topological polar surface area (TPSA) is 15.3 Å². The lowest BCUT2D eigenvalue weighted by Gasteiger charge is -2.31. The van der Waals surface area contributed by atoms with Gasteiger partial charge in [-0.15, -0.1) is 0 Å². The largest absolute Gasteiger partial charge is 0.312 e. The van der Waals surface area contributed by atoms with Crippen LogP contribution in [0.4, 0.5) is 0 Å². The van der Waals surface area contributed by atoms with Gasteiger partial charge in [-0.1, -0.05) is 51.5 Å². The van der Waals surface area contributed by atoms with Gasteiger partial charge in [-0.25, -0.2) is 0 Å². The molecule has 0 spiro atoms. The molecule has 0 radical (unpaired) electrons. The van der Waals surface area contributed by atoms with Crippen molar-refractivity contribution in [1.82, 2.24) is 10.2 Å². The first-order chi connectivity index (χ1) is 10.2. The van der Waals surface area contributed by atoms with Gasteiger partial charge >= 0.3 is 0 Å². The Morgan fingerprint density at radius 1 is 1.24 bits per heavy atom. The van der Waals surface area contributed by atoms with E-state index in [2.05, 4.69) is 62.3 Å². The summed E-state index contributed by atoms with van der Waals surface area (Å²) in [6, 6.07) is 10.4. The maximum atomic E-state index is 3.51. The highest BCUT2D eigenvalue weighted by Crippen LogP contribution is 2.26. The number of hydrogen-bond donors (Lipinski definition) is 1. The van der Waals surface area contributed by atoms with Crippen molar-refractivity contribution in [2.75, 3.05) is 20.1 Å². The van der Waals surface area contributed by atoms with Crippen LogP contribution in [0.3, 0.4) is 0 Å². The standard InChI is InChI=1S/C19H32N2/c1-5-7-16-9-11-17(12-10-16)18(20-4)14-21-13-6-8-19(21)15(2)3/h9-12,15,18-20H,5-8,13-14H2,1-4H3. The minimum atomic E-state index is 0.444. The highest BCUT2D eigenvalue weighted by molar-refractivity contribution is 5.25. The van der Waals surface area contributed by atoms with E-state index in [4.69, 9.17) is 0 Å². The zero-order chi connectivity index (χ0) is 15.2. The minimum absolute atomic E-state index is 0.444. The van der Waals surface area contributed by atoms with Crippen molar-refractivity contribution in [2.24, 2.45) is 5.92 Å². The Labute approximate surface area is 130 Å². The van der Waals surface area contributed by atoms with Crippen LogP contribution in [0, 0.1) is 5.92 Å². The molecule has 1 saturated heterocycles. The van der Waals surface area contributed by atoms with Gasteiger partial charge in [0.15, 0.2) is 0 Å². The summed E-state index contributed by atoms with van der Waals surface area (Å²) in [5.41, 5.74) is 2.88. The van der Waals surface area contributed by atoms with Crippen LogP contribution in [-0.4, -0.2) is 31.1 Å². The predicted molar refractivity (Wildman–Crippen MR) is 91.7 cm³/mol. The van der Waals surface area contributed by atoms with Crippen LogP contribution in [0.1, 0.15) is 57.2 Å². The zero-order valence-corrected chi connectivity index (χ0v) is 14.2. The highest BCUT2D eigenvalue weighted by Gasteiger charge is 2.28. The molecule has 0 aliphatic carbocycles. The van der Waals surface area contributed by atoms with Crippen LogP contribution in [0.15, 0.2) is 24.3 Å². The van der Waals surface area contributed by atoms with Crippen molar-refractivity contribution in [2.45, 2.75) is 58.5 Å². The number of nitrogens with zero attached hydrogens (tertiary/aromatic N) is 1. The Morgan fingerprint density at radius 2 is 1.95 bits per heavy atom. The van der Waals surface area contributed by atoms with Gasteiger partial charge in [-0.2, -0.15) is 0 Å². The number of likely N-dealkylation sites (tertiary alicyclic amines) is 1. The minimum Gasteiger partial charge on any atom is -0.312 e. The number of rotatable bonds is 7. The van der Waals surface area contributed by atoms with Crippen molar-refractivity contribution >= 4 is 0 Å². The van der Waals surface area contributed by atoms with Crippen LogP contribution in [-0.2, 0) is 6.42 Å². The molecule has 0 aromatic heterocycles. The lowest BCUT2D eigenvalue weighted by Crippen LogP contribution is -2.39. The lowest BCUT2D eigenvalue weighted by molar-refractivity contribution is 0.188. The maximum Gasteiger partial charge on any atom is 0.0446 e. The summed E-state index contributed by atoms with van der Waals surface area (Å²) in [7, 11) is 2.09. The SMILES string of the molecule is CCCc1ccc(C(CN2CCCC2C(C)C)NC)cc1. The van der Waals surface area contributed by atoms with Crippen LogP contribution in [0.2, 0.25) is 0 Å². The molecule has 2 unspecified atom stereocenters. The van der Waals surface area contributed by atoms with E-state index in [-0.39, 0.29) is 0 Å². The molecule has 1 aliphatic heterocycles. The summed E-state index contributed by atoms with van der Waals surface area (Å²) < 4.78 is 0. The summed E-state index contributed by atoms with van der Waals surface area (Å²) in [5, 5.41) is 3.51. The normalized spacial score (nSPS) is 21.1. The maximum absolute atomic E-state index is 3.51. The Hall–Kier alpha value is -0.860. The molecular weight excluding hydrogens is 256 g/mol. The van der Waals surface area contributed by atoms with Crippen LogP contribution in [0.5, 0.6) is 0 Å². The first-order valence-corrected chi connectivity index (χ1v) is 8.65. The van der Waals surface area contributed by atoms with E-state index in [0.29, 0.717) is 6.04 Å². The third-order valence-electron chi connectivity index (χ3n) is 4.87. The molecule has 0 amide bonds. The summed E-state index contributed by atoms with van der Waals surface area (Å²) in [4.78, 5) is 2.69. The summed E-state index contributed by atoms with van der Waals surface area (Å²) in [6.07, 6.45) is 5.13. The van der Waals surface area contributed by atoms with Gasteiger partial charge in [0.1, 0.15) is 0 Å². The van der Waals surface area contributed by atoms with Gasteiger partial charge in [0.05, 0.1) is 0 Å². The Morgan fingerprint density at radius 3 is 2.52 bits per heavy atom. The van der Waals surface area contributed by atoms with Gasteiger partial charge in [-0.3, -0.25) is 4.90 Å². The van der Waals surface area contributed by atoms with E-state index in [1.807, 2.05) is 0 Å². The number of hydrogen-bond acceptors (Lipinski definition) is 2. The first-order valence-electron chi connectivity index (χ1n) is 8.65. The molecule has 1 aromatic rings. The van der Waals surface area contributed by atoms with Crippen molar-refractivity contribution in [3.63, 3.8) is 0 Å². The van der Waals surface area contributed by atoms with Crippen molar-refractivity contribution in [3.05, 3.63) is 35.4 Å². The third kappa shape index (κ3) is 4.31. The van der Waals surface area contributed by atoms with E-state index in [0.717, 1.165) is 18.5 Å². The Kier molecular flexibility index (Phi) is 6.25. The molecule has 0 bridgehead atoms. The van der Waals surface area contributed by atoms with Gasteiger partial charge in [0.25, 0.3) is 0 Å². The predicted octanol–water partition coefficient (Wildman–Crippen LogP) is 4.02. The van der Waals surface area contributed by atoms with Gasteiger partial charge < -0.3 is 5.32 Å². The van der Waals surface area contributed by atoms with Gasteiger partial charge in [0, 0.05) is 18.6 Å². The molecule has 1 N–H and O–H groups in total. The zero-order valence-electron chi connectivity index (χ0n) is 14.2. The van der Waals surface area contributed by atoms with E-state index in [9.17, 15) is 0 Å². The second-order valence-electron chi connectivity index (χ2n) is 6.78. The number of likely N-dealkylation sites (N-methyl/N-ethyl adjacent to an activating group) is 1. The fourth-order valence-corrected chi connectivity index (χ4v) is 3.64. The Bertz CT molecular complexity index is 410. The summed E-state index contributed by atoms with van der Waals surface area (Å²) in [5.74, 6) is 0.761. The summed E-state index contributed by atoms with van der Waals surface area (Å²) >= 11 is 0. The smallest absolute Gasteiger partial charge is 0.0446 e. The fraction of sp³-hybridized carbons (Fsp3) is 0.684. The van der Waals surface area contributed by atoms with E-state index >= 15 is 0 Å². The third-order valence-corrected chi connectivity index (χ3v) is 4.87. The van der Waals surface area contributed by atoms with Crippen LogP contribution >= 0.6 is 0 Å². The molecule has 0 saturated carbocycles. The van der Waals surface area contributed by atoms with E-state index in [1.165, 1.54) is 43.4 Å². The van der Waals surface area contributed by atoms with Crippen LogP contribution < -0.4 is 5.32 Å². The first kappa shape index (κ1) is 16.5. The molecular formula is C19H32N2. The molecule has 1 aliphatic rings. The highest BCUT2D eigenvalue weighted by atomic mass is 15.2. The second-order valence-corrected chi connectivity index (χ2v) is 6.78. The van der Waals surface area contributed by atoms with Gasteiger partial charge in [0.2, 0.25) is 0 Å². The van der Waals surface area contributed by atoms with E-state index < -0.39 is 0 Å². The molecule has 1 fully saturated rings. The van der Waals surface area contributed by atoms with Crippen molar-refractivity contribution < 1.29 is 0 Å². The molecule has 21 heavy (non-hydrogen) atoms. The summed E-state index contributed by atoms with van der Waals surface area (Å²) in [6.45, 7) is 9.35. The number of benzene rings is 1. The quantitative estimate of drug-likeness (QED) is 0.815. The average Bonchev–Trinajstić information content (AvgIpc) is 2.94. The molecule has 2 nitrogen and oxygen atoms in total. The molecule has 118 valence electrons. The molecule has 2 rings (SSSR count). The number of aryl methyl sites for hydroxylation is 1. The monoisotopic (exact) mass is 288 g/mol. The molecule has 1 aromatic carbocycles. The molecule has 2 heteroatoms. The second kappa shape index (κ2) is 7.95. The number of nitrogens with one attached hydrogen (secondary N) is 1. The average molecular weight is 288 g/mol. The lowest BCUT2D eigenvalue weighted by atomic mass is 9.99. The van der Waals surface area contributed by atoms with Crippen molar-refractivity contribution in [1.29, 1.82) is 0 Å². The molecule has 2 atom stereocenters. The fourth-order valence-electron chi connectivity index (χ4n) is 3.64.